The fourth-order valence-electron chi connectivity index (χ4n) is 6.78. The number of H-pyrrole nitrogens is 1. The number of benzene rings is 3. The van der Waals surface area contributed by atoms with Gasteiger partial charge in [-0.15, -0.1) is 0 Å². The number of aromatic amines is 1. The summed E-state index contributed by atoms with van der Waals surface area (Å²) in [6, 6.07) is 25.3. The average molecular weight is 523 g/mol. The van der Waals surface area contributed by atoms with E-state index < -0.39 is 22.7 Å². The summed E-state index contributed by atoms with van der Waals surface area (Å²) in [5, 5.41) is 9.53. The first-order valence-corrected chi connectivity index (χ1v) is 13.1. The molecule has 2 aliphatic carbocycles. The van der Waals surface area contributed by atoms with E-state index in [1.807, 2.05) is 78.9 Å². The Morgan fingerprint density at radius 3 is 2.36 bits per heavy atom. The van der Waals surface area contributed by atoms with Crippen molar-refractivity contribution in [3.05, 3.63) is 90.1 Å². The highest BCUT2D eigenvalue weighted by atomic mass is 16.5. The summed E-state index contributed by atoms with van der Waals surface area (Å²) in [6.45, 7) is 1.51. The largest absolute Gasteiger partial charge is 0.469 e. The van der Waals surface area contributed by atoms with Crippen LogP contribution in [0.2, 0.25) is 0 Å². The molecule has 2 amide bonds. The van der Waals surface area contributed by atoms with E-state index >= 15 is 0 Å². The van der Waals surface area contributed by atoms with Gasteiger partial charge in [0.1, 0.15) is 0 Å². The first-order chi connectivity index (χ1) is 18.8. The van der Waals surface area contributed by atoms with Gasteiger partial charge >= 0.3 is 5.97 Å². The van der Waals surface area contributed by atoms with Crippen LogP contribution in [0.25, 0.3) is 10.8 Å². The number of anilines is 2. The Bertz CT molecular complexity index is 1590. The molecule has 3 aromatic carbocycles. The van der Waals surface area contributed by atoms with Crippen molar-refractivity contribution in [2.24, 2.45) is 16.6 Å². The molecule has 0 spiro atoms. The zero-order valence-corrected chi connectivity index (χ0v) is 21.9. The van der Waals surface area contributed by atoms with Gasteiger partial charge in [0.2, 0.25) is 11.8 Å². The van der Waals surface area contributed by atoms with Crippen molar-refractivity contribution < 1.29 is 19.1 Å². The molecule has 2 saturated carbocycles. The number of primary amides is 1. The molecule has 2 unspecified atom stereocenters. The van der Waals surface area contributed by atoms with Gasteiger partial charge in [0.15, 0.2) is 5.82 Å². The number of nitrogens with two attached hydrogens (primary N) is 1. The maximum atomic E-state index is 13.2. The van der Waals surface area contributed by atoms with Crippen molar-refractivity contribution in [3.63, 3.8) is 0 Å². The standard InChI is InChI=1S/C31H30N4O4/c1-19(36)35(26-14-8-12-20-9-6-7-13-23(20)26)27-15-25(33-34-27)22-16-30(17-22,28(32)37)31(29(38)39-2)18-24(31)21-10-4-3-5-11-21/h3-15,22,24H,16-18H2,1-2H3,(H2,32,37)(H,33,34). The lowest BCUT2D eigenvalue weighted by Crippen LogP contribution is -2.56. The molecule has 0 aliphatic heterocycles. The van der Waals surface area contributed by atoms with E-state index in [4.69, 9.17) is 10.5 Å². The molecular formula is C31H30N4O4. The van der Waals surface area contributed by atoms with Crippen molar-refractivity contribution in [3.8, 4) is 0 Å². The van der Waals surface area contributed by atoms with Crippen LogP contribution in [0.5, 0.6) is 0 Å². The van der Waals surface area contributed by atoms with E-state index in [1.165, 1.54) is 14.0 Å². The molecule has 8 nitrogen and oxygen atoms in total. The summed E-state index contributed by atoms with van der Waals surface area (Å²) in [4.78, 5) is 40.6. The van der Waals surface area contributed by atoms with Crippen LogP contribution in [0, 0.1) is 10.8 Å². The van der Waals surface area contributed by atoms with Crippen LogP contribution in [0.1, 0.15) is 49.3 Å². The molecular weight excluding hydrogens is 492 g/mol. The number of nitrogens with one attached hydrogen (secondary N) is 1. The number of methoxy groups -OCH3 is 1. The fraction of sp³-hybridized carbons (Fsp3) is 0.290. The normalized spacial score (nSPS) is 25.5. The minimum Gasteiger partial charge on any atom is -0.469 e. The monoisotopic (exact) mass is 522 g/mol. The van der Waals surface area contributed by atoms with Crippen molar-refractivity contribution in [2.75, 3.05) is 12.0 Å². The number of fused-ring (bicyclic) bond motifs is 1. The summed E-state index contributed by atoms with van der Waals surface area (Å²) in [6.07, 6.45) is 1.32. The number of esters is 1. The molecule has 2 aliphatic rings. The minimum atomic E-state index is -1.02. The summed E-state index contributed by atoms with van der Waals surface area (Å²) >= 11 is 0. The second-order valence-electron chi connectivity index (χ2n) is 10.7. The van der Waals surface area contributed by atoms with Crippen LogP contribution < -0.4 is 10.6 Å². The Morgan fingerprint density at radius 2 is 1.67 bits per heavy atom. The van der Waals surface area contributed by atoms with Gasteiger partial charge in [-0.1, -0.05) is 66.7 Å². The Labute approximate surface area is 226 Å². The molecule has 1 heterocycles. The highest BCUT2D eigenvalue weighted by molar-refractivity contribution is 6.07. The van der Waals surface area contributed by atoms with Gasteiger partial charge in [-0.2, -0.15) is 5.10 Å². The van der Waals surface area contributed by atoms with Crippen molar-refractivity contribution in [2.45, 2.75) is 38.0 Å². The van der Waals surface area contributed by atoms with Gasteiger partial charge in [-0.3, -0.25) is 24.4 Å². The highest BCUT2D eigenvalue weighted by Gasteiger charge is 2.77. The van der Waals surface area contributed by atoms with Crippen molar-refractivity contribution in [1.82, 2.24) is 10.2 Å². The van der Waals surface area contributed by atoms with Crippen LogP contribution in [-0.4, -0.2) is 35.1 Å². The second-order valence-corrected chi connectivity index (χ2v) is 10.7. The van der Waals surface area contributed by atoms with Gasteiger partial charge in [-0.05, 0) is 36.3 Å². The first kappa shape index (κ1) is 24.9. The lowest BCUT2D eigenvalue weighted by molar-refractivity contribution is -0.165. The van der Waals surface area contributed by atoms with Gasteiger partial charge in [0.05, 0.1) is 23.6 Å². The third kappa shape index (κ3) is 3.66. The van der Waals surface area contributed by atoms with E-state index in [2.05, 4.69) is 10.2 Å². The van der Waals surface area contributed by atoms with Gasteiger partial charge in [-0.25, -0.2) is 0 Å². The second kappa shape index (κ2) is 9.08. The summed E-state index contributed by atoms with van der Waals surface area (Å²) < 4.78 is 5.24. The molecule has 4 aromatic rings. The molecule has 198 valence electrons. The van der Waals surface area contributed by atoms with E-state index in [0.29, 0.717) is 25.1 Å². The Morgan fingerprint density at radius 1 is 0.974 bits per heavy atom. The molecule has 8 heteroatoms. The third-order valence-corrected chi connectivity index (χ3v) is 8.80. The molecule has 2 fully saturated rings. The number of aromatic nitrogens is 2. The quantitative estimate of drug-likeness (QED) is 0.333. The topological polar surface area (TPSA) is 118 Å². The van der Waals surface area contributed by atoms with Crippen LogP contribution in [0.15, 0.2) is 78.9 Å². The summed E-state index contributed by atoms with van der Waals surface area (Å²) in [7, 11) is 1.36. The van der Waals surface area contributed by atoms with Crippen LogP contribution in [-0.2, 0) is 19.1 Å². The smallest absolute Gasteiger partial charge is 0.313 e. The maximum absolute atomic E-state index is 13.2. The zero-order valence-electron chi connectivity index (χ0n) is 21.9. The molecule has 6 rings (SSSR count). The molecule has 1 aromatic heterocycles. The first-order valence-electron chi connectivity index (χ1n) is 13.1. The molecule has 39 heavy (non-hydrogen) atoms. The number of ether oxygens (including phenoxy) is 1. The maximum Gasteiger partial charge on any atom is 0.313 e. The van der Waals surface area contributed by atoms with Gasteiger partial charge in [0, 0.05) is 35.9 Å². The third-order valence-electron chi connectivity index (χ3n) is 8.80. The molecule has 0 bridgehead atoms. The van der Waals surface area contributed by atoms with E-state index in [9.17, 15) is 14.4 Å². The summed E-state index contributed by atoms with van der Waals surface area (Å²) in [5.41, 5.74) is 6.57. The predicted octanol–water partition coefficient (Wildman–Crippen LogP) is 4.94. The Hall–Kier alpha value is -4.46. The Balaban J connectivity index is 1.31. The molecule has 2 atom stereocenters. The lowest BCUT2D eigenvalue weighted by Gasteiger charge is -2.49. The SMILES string of the molecule is COC(=O)C1(C2(C(N)=O)CC(c3cc(N(C(C)=O)c4cccc5ccccc45)n[nH]3)C2)CC1c1ccccc1. The number of hydrogen-bond donors (Lipinski definition) is 2. The van der Waals surface area contributed by atoms with E-state index in [1.54, 1.807) is 4.90 Å². The minimum absolute atomic E-state index is 0.0707. The fourth-order valence-corrected chi connectivity index (χ4v) is 6.78. The average Bonchev–Trinajstić information content (AvgIpc) is 3.50. The Kier molecular flexibility index (Phi) is 5.79. The number of rotatable bonds is 7. The van der Waals surface area contributed by atoms with E-state index in [0.717, 1.165) is 27.7 Å². The zero-order chi connectivity index (χ0) is 27.4. The number of amides is 2. The molecule has 3 N–H and O–H groups in total. The number of carbonyl (C=O) groups excluding carboxylic acids is 3. The lowest BCUT2D eigenvalue weighted by atomic mass is 9.52. The number of carbonyl (C=O) groups is 3. The number of nitrogens with zero attached hydrogens (tertiary/aromatic N) is 2. The van der Waals surface area contributed by atoms with Crippen molar-refractivity contribution >= 4 is 40.1 Å². The van der Waals surface area contributed by atoms with E-state index in [-0.39, 0.29) is 17.7 Å². The van der Waals surface area contributed by atoms with Gasteiger partial charge in [0.25, 0.3) is 0 Å². The number of hydrogen-bond acceptors (Lipinski definition) is 5. The highest BCUT2D eigenvalue weighted by Crippen LogP contribution is 2.76. The van der Waals surface area contributed by atoms with Crippen LogP contribution in [0.4, 0.5) is 11.5 Å². The van der Waals surface area contributed by atoms with Gasteiger partial charge < -0.3 is 10.5 Å². The molecule has 0 radical (unpaired) electrons. The summed E-state index contributed by atoms with van der Waals surface area (Å²) in [5.74, 6) is -0.768. The van der Waals surface area contributed by atoms with Crippen LogP contribution >= 0.6 is 0 Å². The predicted molar refractivity (Wildman–Crippen MR) is 147 cm³/mol. The van der Waals surface area contributed by atoms with Crippen LogP contribution in [0.3, 0.4) is 0 Å². The van der Waals surface area contributed by atoms with Crippen molar-refractivity contribution in [1.29, 1.82) is 0 Å². The molecule has 0 saturated heterocycles.